The molecule has 1 atom stereocenters. The quantitative estimate of drug-likeness (QED) is 0.723. The van der Waals surface area contributed by atoms with E-state index in [0.29, 0.717) is 28.4 Å². The maximum atomic E-state index is 12.7. The molecule has 1 aromatic carbocycles. The summed E-state index contributed by atoms with van der Waals surface area (Å²) in [5, 5.41) is 2.84. The summed E-state index contributed by atoms with van der Waals surface area (Å²) < 4.78 is 12.2. The Balaban J connectivity index is 1.90. The van der Waals surface area contributed by atoms with Gasteiger partial charge in [0.15, 0.2) is 23.0 Å². The van der Waals surface area contributed by atoms with Crippen molar-refractivity contribution in [3.05, 3.63) is 30.9 Å². The zero-order chi connectivity index (χ0) is 18.0. The Morgan fingerprint density at radius 1 is 1.24 bits per heavy atom. The third kappa shape index (κ3) is 2.91. The standard InChI is InChI=1S/C16H18N6O3/c1-9(22-8-20-12-14(17)18-7-19-15(12)22)16(23)21-10-5-4-6-11(24-2)13(10)25-3/h4-9H,1-3H3,(H,21,23)(H2,17,18,19). The van der Waals surface area contributed by atoms with Crippen LogP contribution in [0.1, 0.15) is 13.0 Å². The molecule has 0 bridgehead atoms. The van der Waals surface area contributed by atoms with Gasteiger partial charge < -0.3 is 25.1 Å². The molecule has 3 N–H and O–H groups in total. The van der Waals surface area contributed by atoms with E-state index in [-0.39, 0.29) is 11.7 Å². The van der Waals surface area contributed by atoms with Crippen LogP contribution in [0, 0.1) is 0 Å². The fourth-order valence-electron chi connectivity index (χ4n) is 2.50. The summed E-state index contributed by atoms with van der Waals surface area (Å²) in [6.45, 7) is 1.74. The molecule has 9 heteroatoms. The predicted octanol–water partition coefficient (Wildman–Crippen LogP) is 1.63. The van der Waals surface area contributed by atoms with Gasteiger partial charge in [0.2, 0.25) is 5.91 Å². The van der Waals surface area contributed by atoms with Crippen molar-refractivity contribution in [2.45, 2.75) is 13.0 Å². The van der Waals surface area contributed by atoms with Crippen LogP contribution in [0.25, 0.3) is 11.2 Å². The number of rotatable bonds is 5. The zero-order valence-corrected chi connectivity index (χ0v) is 14.1. The lowest BCUT2D eigenvalue weighted by Crippen LogP contribution is -2.23. The molecule has 0 saturated carbocycles. The molecule has 2 aromatic heterocycles. The molecule has 9 nitrogen and oxygen atoms in total. The number of anilines is 2. The minimum Gasteiger partial charge on any atom is -0.493 e. The van der Waals surface area contributed by atoms with Crippen LogP contribution >= 0.6 is 0 Å². The number of benzene rings is 1. The van der Waals surface area contributed by atoms with Crippen molar-refractivity contribution in [2.75, 3.05) is 25.3 Å². The maximum absolute atomic E-state index is 12.7. The lowest BCUT2D eigenvalue weighted by molar-refractivity contribution is -0.118. The first-order chi connectivity index (χ1) is 12.1. The number of nitrogens with one attached hydrogen (secondary N) is 1. The second kappa shape index (κ2) is 6.63. The molecule has 0 aliphatic heterocycles. The SMILES string of the molecule is COc1cccc(NC(=O)C(C)n2cnc3c(N)ncnc32)c1OC. The molecule has 0 spiro atoms. The van der Waals surface area contributed by atoms with Crippen molar-refractivity contribution in [3.8, 4) is 11.5 Å². The summed E-state index contributed by atoms with van der Waals surface area (Å²) >= 11 is 0. The van der Waals surface area contributed by atoms with Crippen LogP contribution in [0.3, 0.4) is 0 Å². The fraction of sp³-hybridized carbons (Fsp3) is 0.250. The molecule has 0 radical (unpaired) electrons. The van der Waals surface area contributed by atoms with Crippen molar-refractivity contribution < 1.29 is 14.3 Å². The number of carbonyl (C=O) groups excluding carboxylic acids is 1. The average molecular weight is 342 g/mol. The summed E-state index contributed by atoms with van der Waals surface area (Å²) in [6, 6.07) is 4.68. The van der Waals surface area contributed by atoms with Crippen LogP contribution < -0.4 is 20.5 Å². The Morgan fingerprint density at radius 3 is 2.76 bits per heavy atom. The number of carbonyl (C=O) groups is 1. The van der Waals surface area contributed by atoms with Crippen molar-refractivity contribution in [1.82, 2.24) is 19.5 Å². The van der Waals surface area contributed by atoms with Crippen LogP contribution in [-0.4, -0.2) is 39.6 Å². The number of amides is 1. The van der Waals surface area contributed by atoms with Crippen LogP contribution in [0.4, 0.5) is 11.5 Å². The molecule has 130 valence electrons. The summed E-state index contributed by atoms with van der Waals surface area (Å²) in [5.74, 6) is 0.989. The summed E-state index contributed by atoms with van der Waals surface area (Å²) in [5.41, 5.74) is 7.25. The predicted molar refractivity (Wildman–Crippen MR) is 92.6 cm³/mol. The second-order valence-corrected chi connectivity index (χ2v) is 5.29. The minimum absolute atomic E-state index is 0.261. The number of nitrogen functional groups attached to an aromatic ring is 1. The Bertz CT molecular complexity index is 923. The second-order valence-electron chi connectivity index (χ2n) is 5.29. The maximum Gasteiger partial charge on any atom is 0.247 e. The van der Waals surface area contributed by atoms with E-state index in [1.807, 2.05) is 0 Å². The van der Waals surface area contributed by atoms with Gasteiger partial charge in [0.05, 0.1) is 26.2 Å². The summed E-state index contributed by atoms with van der Waals surface area (Å²) in [7, 11) is 3.05. The van der Waals surface area contributed by atoms with E-state index in [2.05, 4.69) is 20.3 Å². The number of nitrogens with zero attached hydrogens (tertiary/aromatic N) is 4. The van der Waals surface area contributed by atoms with E-state index in [0.717, 1.165) is 0 Å². The highest BCUT2D eigenvalue weighted by Crippen LogP contribution is 2.35. The molecule has 25 heavy (non-hydrogen) atoms. The fourth-order valence-corrected chi connectivity index (χ4v) is 2.50. The first-order valence-corrected chi connectivity index (χ1v) is 7.51. The highest BCUT2D eigenvalue weighted by molar-refractivity contribution is 5.96. The van der Waals surface area contributed by atoms with Gasteiger partial charge in [0.1, 0.15) is 17.9 Å². The number of aromatic nitrogens is 4. The number of fused-ring (bicyclic) bond motifs is 1. The van der Waals surface area contributed by atoms with Gasteiger partial charge in [0, 0.05) is 0 Å². The molecule has 0 fully saturated rings. The first kappa shape index (κ1) is 16.5. The third-order valence-corrected chi connectivity index (χ3v) is 3.84. The van der Waals surface area contributed by atoms with E-state index >= 15 is 0 Å². The normalized spacial score (nSPS) is 12.0. The zero-order valence-electron chi connectivity index (χ0n) is 14.1. The summed E-state index contributed by atoms with van der Waals surface area (Å²) in [6.07, 6.45) is 2.86. The molecule has 2 heterocycles. The van der Waals surface area contributed by atoms with E-state index in [4.69, 9.17) is 15.2 Å². The number of methoxy groups -OCH3 is 2. The molecule has 1 amide bonds. The lowest BCUT2D eigenvalue weighted by atomic mass is 10.2. The number of nitrogens with two attached hydrogens (primary N) is 1. The molecule has 0 aliphatic rings. The molecule has 0 aliphatic carbocycles. The van der Waals surface area contributed by atoms with Crippen LogP contribution in [0.2, 0.25) is 0 Å². The van der Waals surface area contributed by atoms with Gasteiger partial charge in [-0.25, -0.2) is 15.0 Å². The molecule has 1 unspecified atom stereocenters. The average Bonchev–Trinajstić information content (AvgIpc) is 3.06. The molecular formula is C16H18N6O3. The Kier molecular flexibility index (Phi) is 4.38. The lowest BCUT2D eigenvalue weighted by Gasteiger charge is -2.17. The van der Waals surface area contributed by atoms with Crippen molar-refractivity contribution >= 4 is 28.6 Å². The van der Waals surface area contributed by atoms with Gasteiger partial charge in [-0.3, -0.25) is 4.79 Å². The van der Waals surface area contributed by atoms with Gasteiger partial charge in [-0.15, -0.1) is 0 Å². The molecular weight excluding hydrogens is 324 g/mol. The van der Waals surface area contributed by atoms with Crippen molar-refractivity contribution in [3.63, 3.8) is 0 Å². The van der Waals surface area contributed by atoms with Gasteiger partial charge in [0.25, 0.3) is 0 Å². The van der Waals surface area contributed by atoms with E-state index < -0.39 is 6.04 Å². The highest BCUT2D eigenvalue weighted by atomic mass is 16.5. The van der Waals surface area contributed by atoms with Gasteiger partial charge >= 0.3 is 0 Å². The van der Waals surface area contributed by atoms with Gasteiger partial charge in [-0.05, 0) is 19.1 Å². The minimum atomic E-state index is -0.574. The number of para-hydroxylation sites is 1. The highest BCUT2D eigenvalue weighted by Gasteiger charge is 2.21. The van der Waals surface area contributed by atoms with Crippen molar-refractivity contribution in [1.29, 1.82) is 0 Å². The topological polar surface area (TPSA) is 117 Å². The summed E-state index contributed by atoms with van der Waals surface area (Å²) in [4.78, 5) is 24.9. The molecule has 3 aromatic rings. The first-order valence-electron chi connectivity index (χ1n) is 7.51. The third-order valence-electron chi connectivity index (χ3n) is 3.84. The van der Waals surface area contributed by atoms with Crippen LogP contribution in [-0.2, 0) is 4.79 Å². The number of ether oxygens (including phenoxy) is 2. The van der Waals surface area contributed by atoms with Gasteiger partial charge in [-0.1, -0.05) is 6.07 Å². The Hall–Kier alpha value is -3.36. The van der Waals surface area contributed by atoms with Crippen LogP contribution in [0.15, 0.2) is 30.9 Å². The monoisotopic (exact) mass is 342 g/mol. The largest absolute Gasteiger partial charge is 0.493 e. The van der Waals surface area contributed by atoms with E-state index in [9.17, 15) is 4.79 Å². The number of hydrogen-bond acceptors (Lipinski definition) is 7. The Labute approximate surface area is 143 Å². The van der Waals surface area contributed by atoms with Gasteiger partial charge in [-0.2, -0.15) is 0 Å². The molecule has 3 rings (SSSR count). The number of hydrogen-bond donors (Lipinski definition) is 2. The van der Waals surface area contributed by atoms with E-state index in [1.54, 1.807) is 29.7 Å². The Morgan fingerprint density at radius 2 is 2.04 bits per heavy atom. The van der Waals surface area contributed by atoms with E-state index in [1.165, 1.54) is 26.9 Å². The van der Waals surface area contributed by atoms with Crippen molar-refractivity contribution in [2.24, 2.45) is 0 Å². The smallest absolute Gasteiger partial charge is 0.247 e. The molecule has 0 saturated heterocycles. The number of imidazole rings is 1. The van der Waals surface area contributed by atoms with Crippen LogP contribution in [0.5, 0.6) is 11.5 Å².